The van der Waals surface area contributed by atoms with E-state index in [4.69, 9.17) is 16.3 Å². The molecule has 0 aliphatic rings. The highest BCUT2D eigenvalue weighted by Gasteiger charge is 2.17. The van der Waals surface area contributed by atoms with Crippen LogP contribution in [0.3, 0.4) is 0 Å². The van der Waals surface area contributed by atoms with Gasteiger partial charge in [-0.05, 0) is 19.1 Å². The van der Waals surface area contributed by atoms with Crippen molar-refractivity contribution in [2.24, 2.45) is 0 Å². The molecule has 0 heterocycles. The largest absolute Gasteiger partial charge is 0.476 e. The molecule has 0 spiro atoms. The third kappa shape index (κ3) is 2.83. The van der Waals surface area contributed by atoms with E-state index in [1.807, 2.05) is 0 Å². The van der Waals surface area contributed by atoms with E-state index in [1.54, 1.807) is 0 Å². The molecule has 0 unspecified atom stereocenters. The van der Waals surface area contributed by atoms with Crippen molar-refractivity contribution in [1.29, 1.82) is 0 Å². The summed E-state index contributed by atoms with van der Waals surface area (Å²) in [4.78, 5) is 11.0. The number of rotatable bonds is 3. The second-order valence-electron chi connectivity index (χ2n) is 2.84. The van der Waals surface area contributed by atoms with Crippen LogP contribution >= 0.6 is 11.6 Å². The minimum atomic E-state index is -0.872. The Labute approximate surface area is 91.7 Å². The Kier molecular flexibility index (Phi) is 3.91. The zero-order valence-electron chi connectivity index (χ0n) is 8.29. The maximum Gasteiger partial charge on any atom is 0.346 e. The van der Waals surface area contributed by atoms with Gasteiger partial charge in [0.25, 0.3) is 0 Å². The maximum absolute atomic E-state index is 13.3. The zero-order chi connectivity index (χ0) is 11.4. The van der Waals surface area contributed by atoms with Crippen molar-refractivity contribution in [1.82, 2.24) is 0 Å². The first-order chi connectivity index (χ1) is 7.06. The molecule has 0 saturated heterocycles. The third-order valence-corrected chi connectivity index (χ3v) is 2.04. The molecule has 82 valence electrons. The number of ether oxygens (including phenoxy) is 2. The quantitative estimate of drug-likeness (QED) is 0.751. The summed E-state index contributed by atoms with van der Waals surface area (Å²) in [6, 6.07) is 4.32. The van der Waals surface area contributed by atoms with Gasteiger partial charge >= 0.3 is 5.97 Å². The molecule has 15 heavy (non-hydrogen) atoms. The van der Waals surface area contributed by atoms with Crippen LogP contribution in [0, 0.1) is 5.82 Å². The fourth-order valence-electron chi connectivity index (χ4n) is 0.980. The lowest BCUT2D eigenvalue weighted by Gasteiger charge is -2.13. The van der Waals surface area contributed by atoms with Gasteiger partial charge < -0.3 is 9.47 Å². The smallest absolute Gasteiger partial charge is 0.346 e. The molecule has 0 radical (unpaired) electrons. The lowest BCUT2D eigenvalue weighted by molar-refractivity contribution is -0.148. The van der Waals surface area contributed by atoms with E-state index in [9.17, 15) is 9.18 Å². The summed E-state index contributed by atoms with van der Waals surface area (Å²) in [6.45, 7) is 1.46. The summed E-state index contributed by atoms with van der Waals surface area (Å²) in [5.74, 6) is -1.33. The van der Waals surface area contributed by atoms with Crippen LogP contribution in [0.1, 0.15) is 6.92 Å². The van der Waals surface area contributed by atoms with Crippen LogP contribution in [0.2, 0.25) is 5.02 Å². The molecular weight excluding hydrogens is 223 g/mol. The fraction of sp³-hybridized carbons (Fsp3) is 0.300. The summed E-state index contributed by atoms with van der Waals surface area (Å²) in [5.41, 5.74) is 0. The van der Waals surface area contributed by atoms with Gasteiger partial charge in [0.05, 0.1) is 12.1 Å². The lowest BCUT2D eigenvalue weighted by atomic mass is 10.3. The number of hydrogen-bond acceptors (Lipinski definition) is 3. The average molecular weight is 233 g/mol. The van der Waals surface area contributed by atoms with Crippen LogP contribution in [0.25, 0.3) is 0 Å². The standard InChI is InChI=1S/C10H10ClFO3/c1-6(10(13)14-2)15-8-5-3-4-7(11)9(8)12/h3-6H,1-2H3/t6-/m1/s1. The topological polar surface area (TPSA) is 35.5 Å². The van der Waals surface area contributed by atoms with Crippen molar-refractivity contribution >= 4 is 17.6 Å². The number of hydrogen-bond donors (Lipinski definition) is 0. The fourth-order valence-corrected chi connectivity index (χ4v) is 1.15. The Hall–Kier alpha value is -1.29. The van der Waals surface area contributed by atoms with Crippen molar-refractivity contribution in [2.75, 3.05) is 7.11 Å². The van der Waals surface area contributed by atoms with Gasteiger partial charge in [-0.25, -0.2) is 9.18 Å². The van der Waals surface area contributed by atoms with Crippen LogP contribution < -0.4 is 4.74 Å². The summed E-state index contributed by atoms with van der Waals surface area (Å²) >= 11 is 5.54. The highest BCUT2D eigenvalue weighted by atomic mass is 35.5. The average Bonchev–Trinajstić information content (AvgIpc) is 2.23. The molecule has 0 amide bonds. The van der Waals surface area contributed by atoms with Gasteiger partial charge in [0.15, 0.2) is 17.7 Å². The van der Waals surface area contributed by atoms with Crippen molar-refractivity contribution < 1.29 is 18.7 Å². The summed E-state index contributed by atoms with van der Waals surface area (Å²) < 4.78 is 22.8. The number of halogens is 2. The molecule has 1 aromatic carbocycles. The Morgan fingerprint density at radius 2 is 2.20 bits per heavy atom. The molecule has 1 atom stereocenters. The highest BCUT2D eigenvalue weighted by molar-refractivity contribution is 6.30. The van der Waals surface area contributed by atoms with E-state index in [-0.39, 0.29) is 10.8 Å². The number of carbonyl (C=O) groups is 1. The minimum Gasteiger partial charge on any atom is -0.476 e. The Morgan fingerprint density at radius 3 is 2.80 bits per heavy atom. The van der Waals surface area contributed by atoms with Gasteiger partial charge in [-0.15, -0.1) is 0 Å². The van der Waals surface area contributed by atoms with Crippen LogP contribution in [0.15, 0.2) is 18.2 Å². The van der Waals surface area contributed by atoms with Crippen LogP contribution in [0.5, 0.6) is 5.75 Å². The number of methoxy groups -OCH3 is 1. The van der Waals surface area contributed by atoms with E-state index in [0.717, 1.165) is 0 Å². The number of esters is 1. The van der Waals surface area contributed by atoms with Crippen molar-refractivity contribution in [3.8, 4) is 5.75 Å². The van der Waals surface area contributed by atoms with Crippen LogP contribution in [-0.2, 0) is 9.53 Å². The SMILES string of the molecule is COC(=O)[C@@H](C)Oc1cccc(Cl)c1F. The van der Waals surface area contributed by atoms with Crippen LogP contribution in [0.4, 0.5) is 4.39 Å². The van der Waals surface area contributed by atoms with Crippen molar-refractivity contribution in [3.05, 3.63) is 29.0 Å². The Morgan fingerprint density at radius 1 is 1.53 bits per heavy atom. The predicted octanol–water partition coefficient (Wildman–Crippen LogP) is 2.42. The first-order valence-corrected chi connectivity index (χ1v) is 4.62. The second-order valence-corrected chi connectivity index (χ2v) is 3.24. The highest BCUT2D eigenvalue weighted by Crippen LogP contribution is 2.24. The number of benzene rings is 1. The van der Waals surface area contributed by atoms with Gasteiger partial charge in [-0.3, -0.25) is 0 Å². The summed E-state index contributed by atoms with van der Waals surface area (Å²) in [5, 5.41) is -0.0513. The predicted molar refractivity (Wildman–Crippen MR) is 53.5 cm³/mol. The van der Waals surface area contributed by atoms with Crippen LogP contribution in [-0.4, -0.2) is 19.2 Å². The molecule has 3 nitrogen and oxygen atoms in total. The molecule has 0 saturated carbocycles. The first-order valence-electron chi connectivity index (χ1n) is 4.24. The molecule has 0 aromatic heterocycles. The van der Waals surface area contributed by atoms with Gasteiger partial charge in [0.1, 0.15) is 0 Å². The van der Waals surface area contributed by atoms with E-state index in [1.165, 1.54) is 32.2 Å². The van der Waals surface area contributed by atoms with Crippen molar-refractivity contribution in [2.45, 2.75) is 13.0 Å². The minimum absolute atomic E-state index is 0.0513. The molecule has 0 bridgehead atoms. The van der Waals surface area contributed by atoms with Gasteiger partial charge in [0, 0.05) is 0 Å². The van der Waals surface area contributed by atoms with E-state index < -0.39 is 17.9 Å². The molecular formula is C10H10ClFO3. The molecule has 0 fully saturated rings. The summed E-state index contributed by atoms with van der Waals surface area (Å²) in [6.07, 6.45) is -0.872. The van der Waals surface area contributed by atoms with Crippen molar-refractivity contribution in [3.63, 3.8) is 0 Å². The normalized spacial score (nSPS) is 12.0. The van der Waals surface area contributed by atoms with E-state index >= 15 is 0 Å². The van der Waals surface area contributed by atoms with E-state index in [2.05, 4.69) is 4.74 Å². The molecule has 5 heteroatoms. The van der Waals surface area contributed by atoms with E-state index in [0.29, 0.717) is 0 Å². The molecule has 0 aliphatic heterocycles. The zero-order valence-corrected chi connectivity index (χ0v) is 9.05. The second kappa shape index (κ2) is 4.98. The third-order valence-electron chi connectivity index (χ3n) is 1.75. The molecule has 1 aromatic rings. The monoisotopic (exact) mass is 232 g/mol. The van der Waals surface area contributed by atoms with Gasteiger partial charge in [-0.2, -0.15) is 0 Å². The Balaban J connectivity index is 2.81. The molecule has 0 aliphatic carbocycles. The molecule has 0 N–H and O–H groups in total. The maximum atomic E-state index is 13.3. The summed E-state index contributed by atoms with van der Waals surface area (Å²) in [7, 11) is 1.23. The first kappa shape index (κ1) is 11.8. The number of carbonyl (C=O) groups excluding carboxylic acids is 1. The van der Waals surface area contributed by atoms with Gasteiger partial charge in [-0.1, -0.05) is 17.7 Å². The molecule has 1 rings (SSSR count). The lowest BCUT2D eigenvalue weighted by Crippen LogP contribution is -2.25. The Bertz CT molecular complexity index is 368. The van der Waals surface area contributed by atoms with Gasteiger partial charge in [0.2, 0.25) is 0 Å².